The maximum absolute atomic E-state index is 12.7. The lowest BCUT2D eigenvalue weighted by atomic mass is 10.1. The molecule has 1 aliphatic heterocycles. The van der Waals surface area contributed by atoms with E-state index in [1.807, 2.05) is 4.90 Å². The first-order valence-corrected chi connectivity index (χ1v) is 7.68. The van der Waals surface area contributed by atoms with Crippen molar-refractivity contribution < 1.29 is 22.7 Å². The quantitative estimate of drug-likeness (QED) is 0.787. The highest BCUT2D eigenvalue weighted by Gasteiger charge is 2.34. The highest BCUT2D eigenvalue weighted by atomic mass is 19.4. The number of methoxy groups -OCH3 is 1. The van der Waals surface area contributed by atoms with E-state index in [4.69, 9.17) is 0 Å². The second-order valence-electron chi connectivity index (χ2n) is 5.69. The Morgan fingerprint density at radius 3 is 2.68 bits per heavy atom. The van der Waals surface area contributed by atoms with Crippen molar-refractivity contribution in [2.75, 3.05) is 25.1 Å². The van der Waals surface area contributed by atoms with Crippen molar-refractivity contribution >= 4 is 11.8 Å². The Morgan fingerprint density at radius 2 is 2.08 bits per heavy atom. The molecule has 2 aromatic rings. The van der Waals surface area contributed by atoms with Crippen LogP contribution in [0, 0.1) is 0 Å². The fraction of sp³-hybridized carbons (Fsp3) is 0.467. The van der Waals surface area contributed by atoms with Crippen molar-refractivity contribution in [2.24, 2.45) is 0 Å². The molecule has 0 amide bonds. The Balaban J connectivity index is 1.73. The van der Waals surface area contributed by atoms with Gasteiger partial charge in [-0.2, -0.15) is 18.3 Å². The minimum absolute atomic E-state index is 0.0988. The average Bonchev–Trinajstić information content (AvgIpc) is 3.12. The van der Waals surface area contributed by atoms with Crippen molar-refractivity contribution in [3.63, 3.8) is 0 Å². The van der Waals surface area contributed by atoms with Gasteiger partial charge >= 0.3 is 12.1 Å². The lowest BCUT2D eigenvalue weighted by molar-refractivity contribution is -0.141. The maximum atomic E-state index is 12.7. The van der Waals surface area contributed by atoms with Crippen molar-refractivity contribution in [3.8, 4) is 0 Å². The predicted molar refractivity (Wildman–Crippen MR) is 81.1 cm³/mol. The highest BCUT2D eigenvalue weighted by Crippen LogP contribution is 2.30. The third-order valence-corrected chi connectivity index (χ3v) is 4.04. The lowest BCUT2D eigenvalue weighted by Gasteiger charge is -2.33. The zero-order valence-electron chi connectivity index (χ0n) is 13.4. The van der Waals surface area contributed by atoms with Crippen LogP contribution in [-0.4, -0.2) is 46.1 Å². The molecular formula is C15H16F3N5O2. The molecule has 0 spiro atoms. The van der Waals surface area contributed by atoms with Gasteiger partial charge in [0.2, 0.25) is 0 Å². The standard InChI is InChI=1S/C15H16F3N5O2/c1-25-14(24)11-4-5-13(20-19-11)22-7-2-3-10(9-22)23-8-6-12(21-23)15(16,17)18/h4-6,8,10H,2-3,7,9H2,1H3. The van der Waals surface area contributed by atoms with E-state index in [0.717, 1.165) is 18.9 Å². The molecule has 10 heteroatoms. The van der Waals surface area contributed by atoms with Gasteiger partial charge in [-0.25, -0.2) is 4.79 Å². The van der Waals surface area contributed by atoms with E-state index < -0.39 is 17.8 Å². The number of hydrogen-bond acceptors (Lipinski definition) is 6. The van der Waals surface area contributed by atoms with Crippen LogP contribution in [0.4, 0.5) is 19.0 Å². The van der Waals surface area contributed by atoms with Gasteiger partial charge in [0.15, 0.2) is 17.2 Å². The molecule has 25 heavy (non-hydrogen) atoms. The first kappa shape index (κ1) is 17.2. The largest absolute Gasteiger partial charge is 0.464 e. The van der Waals surface area contributed by atoms with E-state index in [0.29, 0.717) is 18.9 Å². The number of nitrogens with zero attached hydrogens (tertiary/aromatic N) is 5. The number of alkyl halides is 3. The summed E-state index contributed by atoms with van der Waals surface area (Å²) in [5, 5.41) is 11.5. The third kappa shape index (κ3) is 3.72. The van der Waals surface area contributed by atoms with Crippen LogP contribution in [0.1, 0.15) is 35.1 Å². The second-order valence-corrected chi connectivity index (χ2v) is 5.69. The topological polar surface area (TPSA) is 73.1 Å². The highest BCUT2D eigenvalue weighted by molar-refractivity contribution is 5.86. The van der Waals surface area contributed by atoms with Crippen molar-refractivity contribution in [2.45, 2.75) is 25.1 Å². The van der Waals surface area contributed by atoms with Crippen LogP contribution < -0.4 is 4.90 Å². The van der Waals surface area contributed by atoms with E-state index in [9.17, 15) is 18.0 Å². The van der Waals surface area contributed by atoms with E-state index in [1.54, 1.807) is 6.07 Å². The van der Waals surface area contributed by atoms with E-state index in [1.165, 1.54) is 24.1 Å². The van der Waals surface area contributed by atoms with Crippen LogP contribution in [0.15, 0.2) is 24.4 Å². The molecular weight excluding hydrogens is 339 g/mol. The fourth-order valence-corrected chi connectivity index (χ4v) is 2.78. The molecule has 0 N–H and O–H groups in total. The Morgan fingerprint density at radius 1 is 1.28 bits per heavy atom. The summed E-state index contributed by atoms with van der Waals surface area (Å²) in [4.78, 5) is 13.3. The van der Waals surface area contributed by atoms with Gasteiger partial charge in [-0.15, -0.1) is 10.2 Å². The molecule has 7 nitrogen and oxygen atoms in total. The Bertz CT molecular complexity index is 744. The molecule has 3 heterocycles. The number of esters is 1. The van der Waals surface area contributed by atoms with Crippen molar-refractivity contribution in [3.05, 3.63) is 35.8 Å². The summed E-state index contributed by atoms with van der Waals surface area (Å²) >= 11 is 0. The summed E-state index contributed by atoms with van der Waals surface area (Å²) in [6.07, 6.45) is -1.59. The smallest absolute Gasteiger partial charge is 0.435 e. The van der Waals surface area contributed by atoms with E-state index in [-0.39, 0.29) is 11.7 Å². The van der Waals surface area contributed by atoms with Crippen LogP contribution in [0.2, 0.25) is 0 Å². The van der Waals surface area contributed by atoms with Gasteiger partial charge in [0.05, 0.1) is 13.2 Å². The molecule has 1 saturated heterocycles. The monoisotopic (exact) mass is 355 g/mol. The molecule has 1 atom stereocenters. The summed E-state index contributed by atoms with van der Waals surface area (Å²) < 4.78 is 44.0. The molecule has 134 valence electrons. The zero-order valence-corrected chi connectivity index (χ0v) is 13.4. The lowest BCUT2D eigenvalue weighted by Crippen LogP contribution is -2.37. The number of anilines is 1. The number of rotatable bonds is 3. The number of carbonyl (C=O) groups excluding carboxylic acids is 1. The van der Waals surface area contributed by atoms with E-state index in [2.05, 4.69) is 20.0 Å². The van der Waals surface area contributed by atoms with E-state index >= 15 is 0 Å². The van der Waals surface area contributed by atoms with Crippen molar-refractivity contribution in [1.82, 2.24) is 20.0 Å². The Labute approximate surface area is 141 Å². The van der Waals surface area contributed by atoms with Gasteiger partial charge in [0, 0.05) is 19.3 Å². The van der Waals surface area contributed by atoms with Gasteiger partial charge in [-0.1, -0.05) is 0 Å². The average molecular weight is 355 g/mol. The van der Waals surface area contributed by atoms with Crippen LogP contribution in [0.3, 0.4) is 0 Å². The molecule has 0 saturated carbocycles. The zero-order chi connectivity index (χ0) is 18.0. The fourth-order valence-electron chi connectivity index (χ4n) is 2.78. The molecule has 1 fully saturated rings. The van der Waals surface area contributed by atoms with Crippen molar-refractivity contribution in [1.29, 1.82) is 0 Å². The van der Waals surface area contributed by atoms with Gasteiger partial charge in [-0.3, -0.25) is 4.68 Å². The number of aromatic nitrogens is 4. The van der Waals surface area contributed by atoms with Crippen LogP contribution >= 0.6 is 0 Å². The van der Waals surface area contributed by atoms with Gasteiger partial charge < -0.3 is 9.64 Å². The number of halogens is 3. The van der Waals surface area contributed by atoms with Crippen LogP contribution in [0.25, 0.3) is 0 Å². The summed E-state index contributed by atoms with van der Waals surface area (Å²) in [5.74, 6) is -0.0210. The minimum Gasteiger partial charge on any atom is -0.464 e. The van der Waals surface area contributed by atoms with Crippen LogP contribution in [0.5, 0.6) is 0 Å². The summed E-state index contributed by atoms with van der Waals surface area (Å²) in [6, 6.07) is 3.94. The number of piperidine rings is 1. The molecule has 0 radical (unpaired) electrons. The van der Waals surface area contributed by atoms with Gasteiger partial charge in [0.25, 0.3) is 0 Å². The summed E-state index contributed by atoms with van der Waals surface area (Å²) in [5.41, 5.74) is -0.798. The third-order valence-electron chi connectivity index (χ3n) is 4.04. The maximum Gasteiger partial charge on any atom is 0.435 e. The first-order chi connectivity index (χ1) is 11.9. The normalized spacial score (nSPS) is 18.2. The molecule has 1 unspecified atom stereocenters. The summed E-state index contributed by atoms with van der Waals surface area (Å²) in [7, 11) is 1.26. The SMILES string of the molecule is COC(=O)c1ccc(N2CCCC(n3ccc(C(F)(F)F)n3)C2)nn1. The molecule has 3 rings (SSSR count). The molecule has 0 aliphatic carbocycles. The Kier molecular flexibility index (Phi) is 4.60. The molecule has 0 aromatic carbocycles. The number of carbonyl (C=O) groups is 1. The van der Waals surface area contributed by atoms with Gasteiger partial charge in [0.1, 0.15) is 0 Å². The first-order valence-electron chi connectivity index (χ1n) is 7.68. The minimum atomic E-state index is -4.45. The molecule has 2 aromatic heterocycles. The van der Waals surface area contributed by atoms with Gasteiger partial charge in [-0.05, 0) is 31.0 Å². The predicted octanol–water partition coefficient (Wildman–Crippen LogP) is 2.32. The van der Waals surface area contributed by atoms with Crippen LogP contribution in [-0.2, 0) is 10.9 Å². The Hall–Kier alpha value is -2.65. The number of ether oxygens (including phenoxy) is 1. The summed E-state index contributed by atoms with van der Waals surface area (Å²) in [6.45, 7) is 1.17. The number of hydrogen-bond donors (Lipinski definition) is 0. The molecule has 0 bridgehead atoms. The second kappa shape index (κ2) is 6.69. The molecule has 1 aliphatic rings.